The number of rotatable bonds is 30. The van der Waals surface area contributed by atoms with Crippen molar-refractivity contribution in [3.63, 3.8) is 0 Å². The summed E-state index contributed by atoms with van der Waals surface area (Å²) in [5.41, 5.74) is 59.9. The fraction of sp³-hybridized carbons (Fsp3) is 0.388. The van der Waals surface area contributed by atoms with Crippen LogP contribution in [0.5, 0.6) is 0 Å². The molecule has 0 bridgehead atoms. The third kappa shape index (κ3) is 19.1. The average molecular weight is 1760 g/mol. The number of hydrogen-bond acceptors (Lipinski definition) is 0. The molecular formula is C134H152. The zero-order valence-electron chi connectivity index (χ0n) is 84.1. The van der Waals surface area contributed by atoms with Crippen molar-refractivity contribution in [3.8, 4) is 55.6 Å². The smallest absolute Gasteiger partial charge is 0.0358 e. The third-order valence-corrected chi connectivity index (χ3v) is 32.7. The van der Waals surface area contributed by atoms with Gasteiger partial charge in [-0.05, 0) is 310 Å². The van der Waals surface area contributed by atoms with Crippen molar-refractivity contribution in [1.29, 1.82) is 0 Å². The fourth-order valence-corrected chi connectivity index (χ4v) is 25.8. The molecule has 0 nitrogen and oxygen atoms in total. The number of aryl methyl sites for hydroxylation is 10. The number of unbranched alkanes of at least 4 members (excludes halogenated alkanes) is 20. The van der Waals surface area contributed by atoms with Crippen molar-refractivity contribution < 1.29 is 0 Å². The van der Waals surface area contributed by atoms with Gasteiger partial charge in [0.2, 0.25) is 0 Å². The topological polar surface area (TPSA) is 0 Å². The summed E-state index contributed by atoms with van der Waals surface area (Å²) in [6.45, 7) is 31.8. The quantitative estimate of drug-likeness (QED) is 0.0311. The van der Waals surface area contributed by atoms with Crippen LogP contribution in [-0.4, -0.2) is 0 Å². The molecule has 0 aliphatic heterocycles. The summed E-state index contributed by atoms with van der Waals surface area (Å²) in [5, 5.41) is 0. The highest BCUT2D eigenvalue weighted by molar-refractivity contribution is 5.93. The van der Waals surface area contributed by atoms with E-state index < -0.39 is 0 Å². The molecule has 0 amide bonds. The van der Waals surface area contributed by atoms with E-state index in [2.05, 4.69) is 352 Å². The summed E-state index contributed by atoms with van der Waals surface area (Å²) in [5.74, 6) is 2.86. The lowest BCUT2D eigenvalue weighted by molar-refractivity contribution is 0.393. The summed E-state index contributed by atoms with van der Waals surface area (Å²) in [6, 6.07) is 80.3. The fourth-order valence-electron chi connectivity index (χ4n) is 25.8. The second-order valence-corrected chi connectivity index (χ2v) is 42.3. The zero-order chi connectivity index (χ0) is 92.7. The van der Waals surface area contributed by atoms with E-state index in [1.807, 2.05) is 0 Å². The van der Waals surface area contributed by atoms with Crippen LogP contribution in [0.15, 0.2) is 260 Å². The molecule has 10 aliphatic carbocycles. The van der Waals surface area contributed by atoms with Gasteiger partial charge in [-0.3, -0.25) is 0 Å². The van der Waals surface area contributed by atoms with Gasteiger partial charge in [0.25, 0.3) is 0 Å². The molecule has 0 aromatic heterocycles. The second kappa shape index (κ2) is 42.3. The Balaban J connectivity index is 0.000000113. The lowest BCUT2D eigenvalue weighted by Gasteiger charge is -2.39. The summed E-state index contributed by atoms with van der Waals surface area (Å²) in [7, 11) is 0. The van der Waals surface area contributed by atoms with Gasteiger partial charge in [-0.1, -0.05) is 464 Å². The molecule has 0 saturated heterocycles. The highest BCUT2D eigenvalue weighted by atomic mass is 14.5. The number of hydrogen-bond donors (Lipinski definition) is 0. The van der Waals surface area contributed by atoms with Crippen molar-refractivity contribution in [1.82, 2.24) is 0 Å². The van der Waals surface area contributed by atoms with Crippen LogP contribution in [0.4, 0.5) is 0 Å². The molecule has 0 saturated carbocycles. The molecule has 22 rings (SSSR count). The largest absolute Gasteiger partial charge is 0.0800 e. The van der Waals surface area contributed by atoms with Crippen LogP contribution in [0.1, 0.15) is 393 Å². The van der Waals surface area contributed by atoms with Crippen molar-refractivity contribution in [2.45, 2.75) is 337 Å². The van der Waals surface area contributed by atoms with E-state index in [0.29, 0.717) is 35.5 Å². The van der Waals surface area contributed by atoms with E-state index in [1.54, 1.807) is 50.1 Å². The summed E-state index contributed by atoms with van der Waals surface area (Å²) >= 11 is 0. The molecule has 12 aromatic rings. The molecule has 0 fully saturated rings. The van der Waals surface area contributed by atoms with E-state index in [1.165, 1.54) is 359 Å². The maximum Gasteiger partial charge on any atom is 0.0358 e. The Morgan fingerprint density at radius 3 is 1.19 bits per heavy atom. The predicted octanol–water partition coefficient (Wildman–Crippen LogP) is 38.3. The monoisotopic (exact) mass is 1760 g/mol. The van der Waals surface area contributed by atoms with Gasteiger partial charge in [-0.2, -0.15) is 0 Å². The molecule has 10 aliphatic rings. The summed E-state index contributed by atoms with van der Waals surface area (Å²) < 4.78 is 0. The van der Waals surface area contributed by atoms with Crippen molar-refractivity contribution in [3.05, 3.63) is 411 Å². The first-order valence-corrected chi connectivity index (χ1v) is 53.2. The Labute approximate surface area is 808 Å². The molecule has 6 atom stereocenters. The van der Waals surface area contributed by atoms with Gasteiger partial charge in [-0.25, -0.2) is 0 Å². The Bertz CT molecular complexity index is 6400. The number of allylic oxidation sites excluding steroid dienone is 10. The summed E-state index contributed by atoms with van der Waals surface area (Å²) in [6.07, 6.45) is 59.6. The maximum absolute atomic E-state index is 2.69. The average Bonchev–Trinajstić information content (AvgIpc) is 1.58. The third-order valence-electron chi connectivity index (χ3n) is 32.7. The Kier molecular flexibility index (Phi) is 29.6. The SMILES string of the molecule is CCCCCCCCC1(CCCCCCCC)C=CC2c3cc(C)ccc3-c3ccc(C)c1c32.CCCCCCCCC1=CC2c3cc(C)ccc3-c3ccc(C)c(c32)C1.CCCCCCCCC1C=CC2c3cc(C)ccc3-c3ccc(C)c1c32.Cc1ccc2c(c1)C1C(c3ccccc3)=CCc3c(C)ccc-2c31.Cc1ccc2c(c1)C1C=C(c3ccccc3)Cc3c(C)ccc-2c31. The minimum Gasteiger partial charge on any atom is -0.0800 e. The van der Waals surface area contributed by atoms with Crippen LogP contribution in [0.25, 0.3) is 66.8 Å². The van der Waals surface area contributed by atoms with E-state index in [4.69, 9.17) is 0 Å². The first kappa shape index (κ1) is 93.7. The highest BCUT2D eigenvalue weighted by Crippen LogP contribution is 2.60. The molecule has 0 N–H and O–H groups in total. The number of fused-ring (bicyclic) bond motifs is 15. The molecular weight excluding hydrogens is 1610 g/mol. The van der Waals surface area contributed by atoms with Crippen LogP contribution in [-0.2, 0) is 24.7 Å². The Hall–Kier alpha value is -10.7. The predicted molar refractivity (Wildman–Crippen MR) is 579 cm³/mol. The van der Waals surface area contributed by atoms with Crippen LogP contribution in [0, 0.1) is 69.2 Å². The van der Waals surface area contributed by atoms with Crippen LogP contribution >= 0.6 is 0 Å². The van der Waals surface area contributed by atoms with Gasteiger partial charge in [0, 0.05) is 40.9 Å². The van der Waals surface area contributed by atoms with Crippen LogP contribution in [0.2, 0.25) is 0 Å². The van der Waals surface area contributed by atoms with E-state index in [9.17, 15) is 0 Å². The Morgan fingerprint density at radius 1 is 0.284 bits per heavy atom. The van der Waals surface area contributed by atoms with E-state index >= 15 is 0 Å². The molecule has 0 heteroatoms. The van der Waals surface area contributed by atoms with Gasteiger partial charge < -0.3 is 0 Å². The van der Waals surface area contributed by atoms with E-state index in [-0.39, 0.29) is 5.41 Å². The van der Waals surface area contributed by atoms with Gasteiger partial charge in [0.1, 0.15) is 0 Å². The molecule has 0 spiro atoms. The molecule has 688 valence electrons. The van der Waals surface area contributed by atoms with Crippen molar-refractivity contribution >= 4 is 11.1 Å². The standard InChI is InChI=1S/C34H48.2C26H32.2C24H20/c1-5-7-9-11-13-15-22-34(23-16-14-12-10-8-6-2)24-21-30-31-25-26(3)17-19-28(31)29-20-18-27(4)33(34)32(29)30;1-4-5-6-7-8-9-10-20-13-16-23-24-17-18(2)11-14-21(24)22-15-12-19(3)25(20)26(22)23;1-4-5-6-7-8-9-10-20-16-23-19(3)12-14-22-21-13-11-18(2)15-24(21)25(17-20)26(22)23;1-15-8-10-19-20-11-9-16(2)21-13-18(17-6-4-3-5-7-17)14-23(24(20)21)22(19)12-15;1-15-8-10-20-21-11-9-16(2)18-12-13-19(17-6-4-3-5-7-17)24(23(18)21)22(20)14-15/h17-21,24-25,30H,5-16,22-23H2,1-4H3;11-17,20,23H,4-10H2,1-3H3;11-15,17,25H,4-10,16H2,1-3H3;3-12,14,23H,13H2,1-2H3;3-11,13-14,24H,12H2,1-2H3. The van der Waals surface area contributed by atoms with Crippen molar-refractivity contribution in [2.24, 2.45) is 0 Å². The molecule has 0 heterocycles. The molecule has 6 unspecified atom stereocenters. The lowest BCUT2D eigenvalue weighted by Crippen LogP contribution is -2.30. The minimum atomic E-state index is 0.235. The zero-order valence-corrected chi connectivity index (χ0v) is 84.1. The normalized spacial score (nSPS) is 17.6. The summed E-state index contributed by atoms with van der Waals surface area (Å²) in [4.78, 5) is 0. The first-order chi connectivity index (χ1) is 65.5. The van der Waals surface area contributed by atoms with Crippen LogP contribution in [0.3, 0.4) is 0 Å². The molecule has 12 aromatic carbocycles. The van der Waals surface area contributed by atoms with E-state index in [0.717, 1.165) is 12.8 Å². The first-order valence-electron chi connectivity index (χ1n) is 53.2. The van der Waals surface area contributed by atoms with Gasteiger partial charge in [-0.15, -0.1) is 0 Å². The molecule has 134 heavy (non-hydrogen) atoms. The lowest BCUT2D eigenvalue weighted by atomic mass is 9.64. The second-order valence-electron chi connectivity index (χ2n) is 42.3. The Morgan fingerprint density at radius 2 is 0.672 bits per heavy atom. The van der Waals surface area contributed by atoms with Crippen molar-refractivity contribution in [2.75, 3.05) is 0 Å². The molecule has 0 radical (unpaired) electrons. The highest BCUT2D eigenvalue weighted by Gasteiger charge is 2.44. The van der Waals surface area contributed by atoms with Gasteiger partial charge in [0.05, 0.1) is 0 Å². The maximum atomic E-state index is 2.69. The van der Waals surface area contributed by atoms with Crippen LogP contribution < -0.4 is 0 Å². The number of benzene rings is 12. The minimum absolute atomic E-state index is 0.235. The van der Waals surface area contributed by atoms with Gasteiger partial charge >= 0.3 is 0 Å². The van der Waals surface area contributed by atoms with Gasteiger partial charge in [0.15, 0.2) is 0 Å².